The Hall–Kier alpha value is -2.87. The van der Waals surface area contributed by atoms with Gasteiger partial charge in [0.2, 0.25) is 0 Å². The van der Waals surface area contributed by atoms with Crippen LogP contribution in [0.4, 0.5) is 4.39 Å². The Bertz CT molecular complexity index is 745. The number of rotatable bonds is 5. The highest BCUT2D eigenvalue weighted by Gasteiger charge is 2.02. The van der Waals surface area contributed by atoms with E-state index in [1.54, 1.807) is 25.2 Å². The smallest absolute Gasteiger partial charge is 0.191 e. The van der Waals surface area contributed by atoms with E-state index < -0.39 is 0 Å². The van der Waals surface area contributed by atoms with Crippen LogP contribution in [0.3, 0.4) is 0 Å². The van der Waals surface area contributed by atoms with Gasteiger partial charge in [0.15, 0.2) is 5.96 Å². The number of guanidine groups is 1. The molecule has 2 aromatic carbocycles. The minimum absolute atomic E-state index is 0.205. The highest BCUT2D eigenvalue weighted by molar-refractivity contribution is 5.79. The van der Waals surface area contributed by atoms with Gasteiger partial charge in [-0.3, -0.25) is 4.99 Å². The van der Waals surface area contributed by atoms with E-state index in [4.69, 9.17) is 5.26 Å². The molecular formula is C19H21FN4. The molecule has 2 aromatic rings. The summed E-state index contributed by atoms with van der Waals surface area (Å²) in [5.41, 5.74) is 3.80. The molecule has 0 unspecified atom stereocenters. The Morgan fingerprint density at radius 3 is 2.54 bits per heavy atom. The van der Waals surface area contributed by atoms with Crippen molar-refractivity contribution in [1.29, 1.82) is 5.26 Å². The second kappa shape index (κ2) is 8.68. The Kier molecular flexibility index (Phi) is 6.32. The summed E-state index contributed by atoms with van der Waals surface area (Å²) >= 11 is 0. The summed E-state index contributed by atoms with van der Waals surface area (Å²) in [4.78, 5) is 4.19. The van der Waals surface area contributed by atoms with E-state index in [9.17, 15) is 4.39 Å². The maximum absolute atomic E-state index is 13.1. The van der Waals surface area contributed by atoms with Crippen LogP contribution in [0.5, 0.6) is 0 Å². The van der Waals surface area contributed by atoms with Gasteiger partial charge in [0.05, 0.1) is 11.6 Å². The second-order valence-electron chi connectivity index (χ2n) is 5.48. The topological polar surface area (TPSA) is 60.2 Å². The van der Waals surface area contributed by atoms with E-state index in [1.807, 2.05) is 25.1 Å². The first kappa shape index (κ1) is 17.5. The third kappa shape index (κ3) is 5.10. The van der Waals surface area contributed by atoms with E-state index in [1.165, 1.54) is 6.07 Å². The van der Waals surface area contributed by atoms with Gasteiger partial charge in [-0.15, -0.1) is 0 Å². The highest BCUT2D eigenvalue weighted by atomic mass is 19.1. The molecule has 0 aliphatic carbocycles. The summed E-state index contributed by atoms with van der Waals surface area (Å²) in [5.74, 6) is 0.503. The van der Waals surface area contributed by atoms with Crippen molar-refractivity contribution in [2.75, 3.05) is 13.6 Å². The normalized spacial score (nSPS) is 11.0. The van der Waals surface area contributed by atoms with Crippen LogP contribution in [0, 0.1) is 24.1 Å². The molecule has 2 N–H and O–H groups in total. The highest BCUT2D eigenvalue weighted by Crippen LogP contribution is 2.10. The SMILES string of the molecule is CN=C(NCCc1ccc(F)cc1C)NCc1ccc(C#N)cc1. The van der Waals surface area contributed by atoms with Crippen LogP contribution in [0.2, 0.25) is 0 Å². The number of aryl methyl sites for hydroxylation is 1. The number of nitriles is 1. The summed E-state index contributed by atoms with van der Waals surface area (Å²) in [6, 6.07) is 14.4. The van der Waals surface area contributed by atoms with E-state index in [0.29, 0.717) is 24.6 Å². The molecule has 0 heterocycles. The Morgan fingerprint density at radius 2 is 1.92 bits per heavy atom. The minimum Gasteiger partial charge on any atom is -0.356 e. The number of aliphatic imine (C=N–C) groups is 1. The van der Waals surface area contributed by atoms with Crippen LogP contribution in [-0.4, -0.2) is 19.6 Å². The van der Waals surface area contributed by atoms with Gasteiger partial charge in [0.25, 0.3) is 0 Å². The van der Waals surface area contributed by atoms with Crippen molar-refractivity contribution in [2.24, 2.45) is 4.99 Å². The molecule has 0 atom stereocenters. The number of nitrogens with zero attached hydrogens (tertiary/aromatic N) is 2. The Labute approximate surface area is 142 Å². The monoisotopic (exact) mass is 324 g/mol. The molecule has 0 saturated heterocycles. The van der Waals surface area contributed by atoms with Gasteiger partial charge < -0.3 is 10.6 Å². The first-order chi connectivity index (χ1) is 11.6. The van der Waals surface area contributed by atoms with Crippen molar-refractivity contribution in [3.63, 3.8) is 0 Å². The van der Waals surface area contributed by atoms with Crippen molar-refractivity contribution in [3.8, 4) is 6.07 Å². The van der Waals surface area contributed by atoms with Crippen LogP contribution in [0.25, 0.3) is 0 Å². The van der Waals surface area contributed by atoms with Crippen molar-refractivity contribution >= 4 is 5.96 Å². The minimum atomic E-state index is -0.205. The maximum atomic E-state index is 13.1. The zero-order valence-corrected chi connectivity index (χ0v) is 13.9. The molecule has 0 radical (unpaired) electrons. The molecular weight excluding hydrogens is 303 g/mol. The number of hydrogen-bond donors (Lipinski definition) is 2. The van der Waals surface area contributed by atoms with Crippen molar-refractivity contribution in [3.05, 3.63) is 70.5 Å². The van der Waals surface area contributed by atoms with Crippen LogP contribution >= 0.6 is 0 Å². The van der Waals surface area contributed by atoms with Crippen LogP contribution < -0.4 is 10.6 Å². The summed E-state index contributed by atoms with van der Waals surface area (Å²) in [7, 11) is 1.72. The summed E-state index contributed by atoms with van der Waals surface area (Å²) in [5, 5.41) is 15.3. The van der Waals surface area contributed by atoms with Crippen LogP contribution in [-0.2, 0) is 13.0 Å². The van der Waals surface area contributed by atoms with Gasteiger partial charge >= 0.3 is 0 Å². The van der Waals surface area contributed by atoms with E-state index in [0.717, 1.165) is 23.1 Å². The molecule has 0 saturated carbocycles. The fraction of sp³-hybridized carbons (Fsp3) is 0.263. The van der Waals surface area contributed by atoms with Crippen LogP contribution in [0.15, 0.2) is 47.5 Å². The number of nitrogens with one attached hydrogen (secondary N) is 2. The number of hydrogen-bond acceptors (Lipinski definition) is 2. The van der Waals surface area contributed by atoms with Gasteiger partial charge in [-0.25, -0.2) is 4.39 Å². The lowest BCUT2D eigenvalue weighted by Gasteiger charge is -2.13. The van der Waals surface area contributed by atoms with Crippen molar-refractivity contribution in [1.82, 2.24) is 10.6 Å². The lowest BCUT2D eigenvalue weighted by atomic mass is 10.1. The van der Waals surface area contributed by atoms with Gasteiger partial charge in [0.1, 0.15) is 5.82 Å². The Morgan fingerprint density at radius 1 is 1.17 bits per heavy atom. The molecule has 4 nitrogen and oxygen atoms in total. The van der Waals surface area contributed by atoms with Gasteiger partial charge in [-0.05, 0) is 54.3 Å². The summed E-state index contributed by atoms with van der Waals surface area (Å²) in [6.45, 7) is 3.25. The quantitative estimate of drug-likeness (QED) is 0.657. The summed E-state index contributed by atoms with van der Waals surface area (Å²) in [6.07, 6.45) is 0.795. The lowest BCUT2D eigenvalue weighted by molar-refractivity contribution is 0.625. The first-order valence-electron chi connectivity index (χ1n) is 7.81. The van der Waals surface area contributed by atoms with Crippen LogP contribution in [0.1, 0.15) is 22.3 Å². The average molecular weight is 324 g/mol. The zero-order valence-electron chi connectivity index (χ0n) is 13.9. The third-order valence-corrected chi connectivity index (χ3v) is 3.76. The van der Waals surface area contributed by atoms with Gasteiger partial charge in [0, 0.05) is 20.1 Å². The van der Waals surface area contributed by atoms with Crippen molar-refractivity contribution < 1.29 is 4.39 Å². The Balaban J connectivity index is 1.80. The summed E-state index contributed by atoms with van der Waals surface area (Å²) < 4.78 is 13.1. The molecule has 0 aliphatic rings. The van der Waals surface area contributed by atoms with E-state index in [-0.39, 0.29) is 5.82 Å². The lowest BCUT2D eigenvalue weighted by Crippen LogP contribution is -2.37. The standard InChI is InChI=1S/C19H21FN4/c1-14-11-18(20)8-7-17(14)9-10-23-19(22-2)24-13-16-5-3-15(12-21)4-6-16/h3-8,11H,9-10,13H2,1-2H3,(H2,22,23,24). The van der Waals surface area contributed by atoms with Gasteiger partial charge in [-0.1, -0.05) is 18.2 Å². The molecule has 24 heavy (non-hydrogen) atoms. The molecule has 5 heteroatoms. The zero-order chi connectivity index (χ0) is 17.4. The average Bonchev–Trinajstić information content (AvgIpc) is 2.60. The van der Waals surface area contributed by atoms with Gasteiger partial charge in [-0.2, -0.15) is 5.26 Å². The number of halogens is 1. The molecule has 0 aromatic heterocycles. The molecule has 2 rings (SSSR count). The molecule has 0 fully saturated rings. The third-order valence-electron chi connectivity index (χ3n) is 3.76. The molecule has 0 aliphatic heterocycles. The van der Waals surface area contributed by atoms with E-state index in [2.05, 4.69) is 21.7 Å². The predicted octanol–water partition coefficient (Wildman–Crippen LogP) is 2.91. The maximum Gasteiger partial charge on any atom is 0.191 e. The predicted molar refractivity (Wildman–Crippen MR) is 94.2 cm³/mol. The molecule has 0 spiro atoms. The first-order valence-corrected chi connectivity index (χ1v) is 7.81. The molecule has 0 amide bonds. The fourth-order valence-corrected chi connectivity index (χ4v) is 2.36. The van der Waals surface area contributed by atoms with E-state index >= 15 is 0 Å². The number of benzene rings is 2. The van der Waals surface area contributed by atoms with Crippen molar-refractivity contribution in [2.45, 2.75) is 19.9 Å². The molecule has 124 valence electrons. The second-order valence-corrected chi connectivity index (χ2v) is 5.48. The largest absolute Gasteiger partial charge is 0.356 e. The molecule has 0 bridgehead atoms. The fourth-order valence-electron chi connectivity index (χ4n) is 2.36.